The van der Waals surface area contributed by atoms with Gasteiger partial charge in [-0.2, -0.15) is 0 Å². The first-order valence-corrected chi connectivity index (χ1v) is 6.06. The Morgan fingerprint density at radius 1 is 1.17 bits per heavy atom. The van der Waals surface area contributed by atoms with Crippen molar-refractivity contribution in [1.82, 2.24) is 0 Å². The largest absolute Gasteiger partial charge is 0.573 e. The van der Waals surface area contributed by atoms with Crippen LogP contribution >= 0.6 is 0 Å². The molecule has 0 unspecified atom stereocenters. The van der Waals surface area contributed by atoms with E-state index in [-0.39, 0.29) is 11.1 Å². The molecular formula is C14H8F3NO5. The van der Waals surface area contributed by atoms with E-state index in [0.29, 0.717) is 0 Å². The summed E-state index contributed by atoms with van der Waals surface area (Å²) in [6, 6.07) is 7.72. The first-order valence-electron chi connectivity index (χ1n) is 6.06. The van der Waals surface area contributed by atoms with Crippen molar-refractivity contribution in [2.24, 2.45) is 0 Å². The van der Waals surface area contributed by atoms with Gasteiger partial charge in [0.15, 0.2) is 0 Å². The molecule has 0 aliphatic heterocycles. The van der Waals surface area contributed by atoms with Crippen LogP contribution in [0.5, 0.6) is 5.75 Å². The van der Waals surface area contributed by atoms with Gasteiger partial charge in [0.2, 0.25) is 0 Å². The number of rotatable bonds is 4. The first kappa shape index (κ1) is 16.3. The van der Waals surface area contributed by atoms with E-state index in [2.05, 4.69) is 4.74 Å². The SMILES string of the molecule is O=C(O)c1cccc([N+](=O)[O-])c1-c1cccc(OC(F)(F)F)c1. The zero-order valence-electron chi connectivity index (χ0n) is 11.2. The van der Waals surface area contributed by atoms with Gasteiger partial charge >= 0.3 is 12.3 Å². The van der Waals surface area contributed by atoms with Crippen LogP contribution in [0.25, 0.3) is 11.1 Å². The predicted molar refractivity (Wildman–Crippen MR) is 72.2 cm³/mol. The highest BCUT2D eigenvalue weighted by Crippen LogP contribution is 2.35. The van der Waals surface area contributed by atoms with Crippen molar-refractivity contribution in [1.29, 1.82) is 0 Å². The number of benzene rings is 2. The number of nitro benzene ring substituents is 1. The van der Waals surface area contributed by atoms with Crippen LogP contribution in [0.1, 0.15) is 10.4 Å². The third-order valence-electron chi connectivity index (χ3n) is 2.83. The molecule has 0 radical (unpaired) electrons. The van der Waals surface area contributed by atoms with Crippen LogP contribution in [0.3, 0.4) is 0 Å². The molecule has 2 aromatic carbocycles. The van der Waals surface area contributed by atoms with Gasteiger partial charge in [0.1, 0.15) is 5.75 Å². The standard InChI is InChI=1S/C14H8F3NO5/c15-14(16,17)23-9-4-1-3-8(7-9)12-10(13(19)20)5-2-6-11(12)18(21)22/h1-7H,(H,19,20). The van der Waals surface area contributed by atoms with Gasteiger partial charge in [-0.1, -0.05) is 18.2 Å². The van der Waals surface area contributed by atoms with E-state index in [9.17, 15) is 28.1 Å². The lowest BCUT2D eigenvalue weighted by Crippen LogP contribution is -2.17. The van der Waals surface area contributed by atoms with Crippen molar-refractivity contribution in [3.05, 3.63) is 58.1 Å². The van der Waals surface area contributed by atoms with Gasteiger partial charge in [-0.25, -0.2) is 4.79 Å². The molecule has 6 nitrogen and oxygen atoms in total. The minimum Gasteiger partial charge on any atom is -0.478 e. The Morgan fingerprint density at radius 2 is 1.83 bits per heavy atom. The minimum absolute atomic E-state index is 0.0727. The van der Waals surface area contributed by atoms with Crippen LogP contribution in [-0.4, -0.2) is 22.4 Å². The number of carbonyl (C=O) groups is 1. The number of hydrogen-bond acceptors (Lipinski definition) is 4. The summed E-state index contributed by atoms with van der Waals surface area (Å²) in [6.07, 6.45) is -4.93. The summed E-state index contributed by atoms with van der Waals surface area (Å²) in [6.45, 7) is 0. The number of ether oxygens (including phenoxy) is 1. The van der Waals surface area contributed by atoms with Gasteiger partial charge in [0.25, 0.3) is 5.69 Å². The number of aromatic carboxylic acids is 1. The van der Waals surface area contributed by atoms with Crippen molar-refractivity contribution < 1.29 is 32.7 Å². The van der Waals surface area contributed by atoms with Gasteiger partial charge in [-0.3, -0.25) is 10.1 Å². The Balaban J connectivity index is 2.64. The zero-order valence-corrected chi connectivity index (χ0v) is 11.2. The Morgan fingerprint density at radius 3 is 2.39 bits per heavy atom. The summed E-state index contributed by atoms with van der Waals surface area (Å²) >= 11 is 0. The normalized spacial score (nSPS) is 11.1. The summed E-state index contributed by atoms with van der Waals surface area (Å²) in [5, 5.41) is 20.2. The van der Waals surface area contributed by atoms with Gasteiger partial charge < -0.3 is 9.84 Å². The number of hydrogen-bond donors (Lipinski definition) is 1. The number of carboxylic acids is 1. The Labute approximate surface area is 126 Å². The fourth-order valence-corrected chi connectivity index (χ4v) is 2.02. The lowest BCUT2D eigenvalue weighted by atomic mass is 9.97. The summed E-state index contributed by atoms with van der Waals surface area (Å²) < 4.78 is 40.5. The molecule has 0 saturated heterocycles. The van der Waals surface area contributed by atoms with Crippen molar-refractivity contribution in [2.45, 2.75) is 6.36 Å². The third kappa shape index (κ3) is 3.76. The molecule has 0 aromatic heterocycles. The highest BCUT2D eigenvalue weighted by atomic mass is 19.4. The smallest absolute Gasteiger partial charge is 0.478 e. The summed E-state index contributed by atoms with van der Waals surface area (Å²) in [7, 11) is 0. The molecule has 0 aliphatic rings. The molecule has 0 amide bonds. The molecule has 23 heavy (non-hydrogen) atoms. The summed E-state index contributed by atoms with van der Waals surface area (Å²) in [5.74, 6) is -2.05. The molecule has 0 heterocycles. The summed E-state index contributed by atoms with van der Waals surface area (Å²) in [5.41, 5.74) is -1.30. The molecule has 0 aliphatic carbocycles. The number of carboxylic acid groups (broad SMARTS) is 1. The first-order chi connectivity index (χ1) is 10.7. The highest BCUT2D eigenvalue weighted by Gasteiger charge is 2.31. The van der Waals surface area contributed by atoms with Crippen LogP contribution < -0.4 is 4.74 Å². The van der Waals surface area contributed by atoms with E-state index >= 15 is 0 Å². The highest BCUT2D eigenvalue weighted by molar-refractivity contribution is 5.99. The van der Waals surface area contributed by atoms with Crippen LogP contribution in [0.15, 0.2) is 42.5 Å². The molecule has 9 heteroatoms. The third-order valence-corrected chi connectivity index (χ3v) is 2.83. The predicted octanol–water partition coefficient (Wildman–Crippen LogP) is 3.86. The molecule has 0 fully saturated rings. The van der Waals surface area contributed by atoms with E-state index in [4.69, 9.17) is 5.11 Å². The molecule has 0 atom stereocenters. The maximum absolute atomic E-state index is 12.3. The maximum Gasteiger partial charge on any atom is 0.573 e. The van der Waals surface area contributed by atoms with E-state index < -0.39 is 34.3 Å². The van der Waals surface area contributed by atoms with Gasteiger partial charge in [0, 0.05) is 6.07 Å². The molecule has 0 spiro atoms. The van der Waals surface area contributed by atoms with E-state index in [0.717, 1.165) is 24.3 Å². The number of nitrogens with zero attached hydrogens (tertiary/aromatic N) is 1. The van der Waals surface area contributed by atoms with Gasteiger partial charge in [-0.15, -0.1) is 13.2 Å². The number of nitro groups is 1. The second-order valence-electron chi connectivity index (χ2n) is 4.34. The molecule has 2 aromatic rings. The second-order valence-corrected chi connectivity index (χ2v) is 4.34. The molecule has 0 bridgehead atoms. The van der Waals surface area contributed by atoms with Crippen LogP contribution in [0.2, 0.25) is 0 Å². The number of alkyl halides is 3. The average Bonchev–Trinajstić information content (AvgIpc) is 2.44. The van der Waals surface area contributed by atoms with Crippen molar-refractivity contribution in [3.63, 3.8) is 0 Å². The van der Waals surface area contributed by atoms with Crippen LogP contribution in [-0.2, 0) is 0 Å². The van der Waals surface area contributed by atoms with Crippen molar-refractivity contribution in [2.75, 3.05) is 0 Å². The molecule has 1 N–H and O–H groups in total. The van der Waals surface area contributed by atoms with Crippen molar-refractivity contribution in [3.8, 4) is 16.9 Å². The second kappa shape index (κ2) is 5.95. The van der Waals surface area contributed by atoms with Crippen LogP contribution in [0, 0.1) is 10.1 Å². The average molecular weight is 327 g/mol. The molecule has 0 saturated carbocycles. The zero-order chi connectivity index (χ0) is 17.2. The molecular weight excluding hydrogens is 319 g/mol. The lowest BCUT2D eigenvalue weighted by Gasteiger charge is -2.11. The van der Waals surface area contributed by atoms with E-state index in [1.807, 2.05) is 0 Å². The maximum atomic E-state index is 12.3. The van der Waals surface area contributed by atoms with Gasteiger partial charge in [-0.05, 0) is 23.8 Å². The Bertz CT molecular complexity index is 741. The van der Waals surface area contributed by atoms with E-state index in [1.54, 1.807) is 0 Å². The van der Waals surface area contributed by atoms with E-state index in [1.165, 1.54) is 18.2 Å². The minimum atomic E-state index is -4.93. The molecule has 2 rings (SSSR count). The fourth-order valence-electron chi connectivity index (χ4n) is 2.02. The molecule has 120 valence electrons. The van der Waals surface area contributed by atoms with Gasteiger partial charge in [0.05, 0.1) is 16.1 Å². The quantitative estimate of drug-likeness (QED) is 0.680. The summed E-state index contributed by atoms with van der Waals surface area (Å²) in [4.78, 5) is 21.5. The lowest BCUT2D eigenvalue weighted by molar-refractivity contribution is -0.384. The van der Waals surface area contributed by atoms with Crippen LogP contribution in [0.4, 0.5) is 18.9 Å². The topological polar surface area (TPSA) is 89.7 Å². The Kier molecular flexibility index (Phi) is 4.21. The fraction of sp³-hybridized carbons (Fsp3) is 0.0714. The monoisotopic (exact) mass is 327 g/mol. The van der Waals surface area contributed by atoms with Crippen molar-refractivity contribution >= 4 is 11.7 Å². The number of halogens is 3. The Hall–Kier alpha value is -3.10.